The van der Waals surface area contributed by atoms with Gasteiger partial charge in [0.15, 0.2) is 12.1 Å². The summed E-state index contributed by atoms with van der Waals surface area (Å²) in [5.74, 6) is -0.802. The van der Waals surface area contributed by atoms with Crippen LogP contribution in [0.3, 0.4) is 0 Å². The number of ether oxygens (including phenoxy) is 4. The Morgan fingerprint density at radius 1 is 1.39 bits per heavy atom. The van der Waals surface area contributed by atoms with E-state index in [0.717, 1.165) is 0 Å². The van der Waals surface area contributed by atoms with Crippen LogP contribution in [0.4, 0.5) is 0 Å². The van der Waals surface area contributed by atoms with Gasteiger partial charge in [-0.2, -0.15) is 0 Å². The highest BCUT2D eigenvalue weighted by Gasteiger charge is 2.54. The zero-order valence-electron chi connectivity index (χ0n) is 10.5. The molecule has 8 nitrogen and oxygen atoms in total. The Balaban J connectivity index is 2.16. The summed E-state index contributed by atoms with van der Waals surface area (Å²) >= 11 is 0. The Kier molecular flexibility index (Phi) is 3.76. The van der Waals surface area contributed by atoms with Gasteiger partial charge in [0, 0.05) is 12.0 Å². The molecular weight excluding hydrogens is 242 g/mol. The van der Waals surface area contributed by atoms with E-state index in [9.17, 15) is 5.11 Å². The van der Waals surface area contributed by atoms with Crippen LogP contribution in [0.15, 0.2) is 5.11 Å². The van der Waals surface area contributed by atoms with Crippen molar-refractivity contribution in [1.82, 2.24) is 0 Å². The van der Waals surface area contributed by atoms with Gasteiger partial charge >= 0.3 is 0 Å². The van der Waals surface area contributed by atoms with Crippen LogP contribution in [-0.2, 0) is 18.9 Å². The third-order valence-corrected chi connectivity index (χ3v) is 3.02. The van der Waals surface area contributed by atoms with Gasteiger partial charge < -0.3 is 24.1 Å². The smallest absolute Gasteiger partial charge is 0.186 e. The minimum absolute atomic E-state index is 0.0184. The molecule has 0 unspecified atom stereocenters. The lowest BCUT2D eigenvalue weighted by molar-refractivity contribution is -0.264. The molecule has 2 aliphatic heterocycles. The van der Waals surface area contributed by atoms with Gasteiger partial charge in [0.1, 0.15) is 18.3 Å². The predicted molar refractivity (Wildman–Crippen MR) is 59.5 cm³/mol. The molecule has 2 rings (SSSR count). The van der Waals surface area contributed by atoms with Gasteiger partial charge in [-0.05, 0) is 19.4 Å². The molecule has 0 aromatic carbocycles. The lowest BCUT2D eigenvalue weighted by Gasteiger charge is -2.38. The molecular formula is C10H17N3O5. The molecule has 2 heterocycles. The van der Waals surface area contributed by atoms with Gasteiger partial charge in [-0.3, -0.25) is 0 Å². The summed E-state index contributed by atoms with van der Waals surface area (Å²) in [6.45, 7) is 3.53. The van der Waals surface area contributed by atoms with Gasteiger partial charge in [0.05, 0.1) is 12.6 Å². The Hall–Kier alpha value is -0.890. The summed E-state index contributed by atoms with van der Waals surface area (Å²) in [5, 5.41) is 13.6. The average Bonchev–Trinajstić information content (AvgIpc) is 2.65. The first-order valence-electron chi connectivity index (χ1n) is 5.71. The van der Waals surface area contributed by atoms with E-state index < -0.39 is 36.5 Å². The normalized spacial score (nSPS) is 42.1. The van der Waals surface area contributed by atoms with Crippen molar-refractivity contribution in [3.63, 3.8) is 0 Å². The number of azide groups is 1. The second-order valence-corrected chi connectivity index (χ2v) is 4.75. The molecule has 8 heteroatoms. The Bertz CT molecular complexity index is 357. The quantitative estimate of drug-likeness (QED) is 0.452. The van der Waals surface area contributed by atoms with Crippen molar-refractivity contribution in [1.29, 1.82) is 0 Å². The van der Waals surface area contributed by atoms with E-state index in [1.54, 1.807) is 13.8 Å². The maximum absolute atomic E-state index is 10.1. The van der Waals surface area contributed by atoms with Crippen LogP contribution in [0, 0.1) is 0 Å². The molecule has 0 aromatic heterocycles. The van der Waals surface area contributed by atoms with Crippen molar-refractivity contribution in [3.8, 4) is 0 Å². The molecule has 2 fully saturated rings. The van der Waals surface area contributed by atoms with Crippen LogP contribution in [0.5, 0.6) is 0 Å². The van der Waals surface area contributed by atoms with Crippen LogP contribution >= 0.6 is 0 Å². The van der Waals surface area contributed by atoms with Gasteiger partial charge in [-0.25, -0.2) is 0 Å². The number of nitrogens with zero attached hydrogens (tertiary/aromatic N) is 3. The molecule has 2 saturated heterocycles. The zero-order valence-corrected chi connectivity index (χ0v) is 10.5. The molecule has 2 aliphatic rings. The van der Waals surface area contributed by atoms with Crippen molar-refractivity contribution in [2.75, 3.05) is 13.7 Å². The molecule has 102 valence electrons. The van der Waals surface area contributed by atoms with Crippen LogP contribution in [0.1, 0.15) is 13.8 Å². The molecule has 0 bridgehead atoms. The first-order chi connectivity index (χ1) is 8.48. The number of aliphatic hydroxyl groups is 1. The Morgan fingerprint density at radius 3 is 2.67 bits per heavy atom. The van der Waals surface area contributed by atoms with Gasteiger partial charge in [-0.1, -0.05) is 5.11 Å². The summed E-state index contributed by atoms with van der Waals surface area (Å²) in [7, 11) is 1.48. The lowest BCUT2D eigenvalue weighted by Crippen LogP contribution is -2.57. The third-order valence-electron chi connectivity index (χ3n) is 3.02. The topological polar surface area (TPSA) is 106 Å². The van der Waals surface area contributed by atoms with Crippen molar-refractivity contribution < 1.29 is 24.1 Å². The summed E-state index contributed by atoms with van der Waals surface area (Å²) < 4.78 is 22.0. The standard InChI is InChI=1S/C10H17N3O5/c1-10(2)17-7-6(14)5(4-12-13-11)16-9(15-3)8(7)18-10/h5-9,14H,4H2,1-3H3/t5-,6-,7+,8+,9+/m1/s1. The number of hydrogen-bond donors (Lipinski definition) is 1. The molecule has 18 heavy (non-hydrogen) atoms. The number of fused-ring (bicyclic) bond motifs is 1. The molecule has 0 aromatic rings. The van der Waals surface area contributed by atoms with Crippen molar-refractivity contribution in [2.24, 2.45) is 5.11 Å². The van der Waals surface area contributed by atoms with Gasteiger partial charge in [0.2, 0.25) is 0 Å². The van der Waals surface area contributed by atoms with Crippen LogP contribution in [0.2, 0.25) is 0 Å². The molecule has 0 aliphatic carbocycles. The van der Waals surface area contributed by atoms with Crippen molar-refractivity contribution >= 4 is 0 Å². The summed E-state index contributed by atoms with van der Waals surface area (Å²) in [4.78, 5) is 2.65. The second-order valence-electron chi connectivity index (χ2n) is 4.75. The van der Waals surface area contributed by atoms with Crippen molar-refractivity contribution in [2.45, 2.75) is 50.3 Å². The monoisotopic (exact) mass is 259 g/mol. The van der Waals surface area contributed by atoms with Gasteiger partial charge in [-0.15, -0.1) is 0 Å². The van der Waals surface area contributed by atoms with Gasteiger partial charge in [0.25, 0.3) is 0 Å². The Labute approximate surface area is 104 Å². The number of rotatable bonds is 3. The largest absolute Gasteiger partial charge is 0.388 e. The number of hydrogen-bond acceptors (Lipinski definition) is 6. The van der Waals surface area contributed by atoms with Crippen LogP contribution < -0.4 is 0 Å². The Morgan fingerprint density at radius 2 is 2.06 bits per heavy atom. The van der Waals surface area contributed by atoms with Crippen LogP contribution in [0.25, 0.3) is 10.4 Å². The van der Waals surface area contributed by atoms with E-state index in [0.29, 0.717) is 0 Å². The first-order valence-corrected chi connectivity index (χ1v) is 5.71. The maximum Gasteiger partial charge on any atom is 0.186 e. The fourth-order valence-electron chi connectivity index (χ4n) is 2.29. The minimum Gasteiger partial charge on any atom is -0.388 e. The first kappa shape index (κ1) is 13.5. The predicted octanol–water partition coefficient (Wildman–Crippen LogP) is 0.549. The van der Waals surface area contributed by atoms with E-state index in [4.69, 9.17) is 24.5 Å². The van der Waals surface area contributed by atoms with Crippen LogP contribution in [-0.4, -0.2) is 55.3 Å². The highest BCUT2D eigenvalue weighted by atomic mass is 16.8. The molecule has 0 amide bonds. The number of aliphatic hydroxyl groups excluding tert-OH is 1. The fourth-order valence-corrected chi connectivity index (χ4v) is 2.29. The van der Waals surface area contributed by atoms with E-state index in [-0.39, 0.29) is 6.54 Å². The summed E-state index contributed by atoms with van der Waals surface area (Å²) in [5.41, 5.74) is 8.31. The molecule has 0 spiro atoms. The number of methoxy groups -OCH3 is 1. The summed E-state index contributed by atoms with van der Waals surface area (Å²) in [6, 6.07) is 0. The molecule has 5 atom stereocenters. The summed E-state index contributed by atoms with van der Waals surface area (Å²) in [6.07, 6.45) is -3.29. The highest BCUT2D eigenvalue weighted by molar-refractivity contribution is 4.96. The average molecular weight is 259 g/mol. The molecule has 0 radical (unpaired) electrons. The molecule has 1 N–H and O–H groups in total. The van der Waals surface area contributed by atoms with E-state index in [2.05, 4.69) is 10.0 Å². The zero-order chi connectivity index (χ0) is 13.3. The molecule has 0 saturated carbocycles. The third kappa shape index (κ3) is 2.44. The fraction of sp³-hybridized carbons (Fsp3) is 1.00. The van der Waals surface area contributed by atoms with Crippen molar-refractivity contribution in [3.05, 3.63) is 10.4 Å². The lowest BCUT2D eigenvalue weighted by atomic mass is 9.99. The minimum atomic E-state index is -0.923. The second kappa shape index (κ2) is 5.00. The van der Waals surface area contributed by atoms with E-state index in [1.165, 1.54) is 7.11 Å². The SMILES string of the molecule is CO[C@H]1O[C@H](CN=[N+]=[N-])[C@@H](O)[C@@H]2OC(C)(C)O[C@H]12. The maximum atomic E-state index is 10.1. The van der Waals surface area contributed by atoms with E-state index in [1.807, 2.05) is 0 Å². The van der Waals surface area contributed by atoms with E-state index >= 15 is 0 Å². The highest BCUT2D eigenvalue weighted by Crippen LogP contribution is 2.37.